The Hall–Kier alpha value is -2.91. The van der Waals surface area contributed by atoms with E-state index in [-0.39, 0.29) is 24.1 Å². The van der Waals surface area contributed by atoms with Crippen molar-refractivity contribution in [2.24, 2.45) is 0 Å². The SMILES string of the molecule is Cc1ccccc1-c1nnc(CNS(=O)(=O)c2ccc3c(c2)OCO3)o1. The van der Waals surface area contributed by atoms with Crippen LogP contribution in [0.4, 0.5) is 0 Å². The summed E-state index contributed by atoms with van der Waals surface area (Å²) in [6.07, 6.45) is 0. The molecule has 2 aromatic carbocycles. The molecule has 0 atom stereocenters. The molecule has 4 rings (SSSR count). The average Bonchev–Trinajstić information content (AvgIpc) is 3.29. The Morgan fingerprint density at radius 2 is 1.88 bits per heavy atom. The van der Waals surface area contributed by atoms with Crippen LogP contribution in [0, 0.1) is 6.92 Å². The Labute approximate surface area is 149 Å². The van der Waals surface area contributed by atoms with Crippen molar-refractivity contribution in [2.45, 2.75) is 18.4 Å². The van der Waals surface area contributed by atoms with Gasteiger partial charge in [0.15, 0.2) is 11.5 Å². The van der Waals surface area contributed by atoms with E-state index in [0.717, 1.165) is 11.1 Å². The number of hydrogen-bond donors (Lipinski definition) is 1. The predicted molar refractivity (Wildman–Crippen MR) is 91.1 cm³/mol. The summed E-state index contributed by atoms with van der Waals surface area (Å²) in [7, 11) is -3.76. The second-order valence-corrected chi connectivity index (χ2v) is 7.42. The van der Waals surface area contributed by atoms with Crippen LogP contribution in [0.2, 0.25) is 0 Å². The zero-order chi connectivity index (χ0) is 18.1. The van der Waals surface area contributed by atoms with E-state index in [4.69, 9.17) is 13.9 Å². The molecule has 0 radical (unpaired) electrons. The van der Waals surface area contributed by atoms with Crippen molar-refractivity contribution < 1.29 is 22.3 Å². The van der Waals surface area contributed by atoms with Gasteiger partial charge in [0.1, 0.15) is 0 Å². The lowest BCUT2D eigenvalue weighted by Gasteiger charge is -2.05. The van der Waals surface area contributed by atoms with Crippen molar-refractivity contribution in [3.63, 3.8) is 0 Å². The number of aromatic nitrogens is 2. The van der Waals surface area contributed by atoms with Crippen LogP contribution in [0.1, 0.15) is 11.5 Å². The molecule has 0 unspecified atom stereocenters. The third kappa shape index (κ3) is 3.14. The van der Waals surface area contributed by atoms with Gasteiger partial charge >= 0.3 is 0 Å². The van der Waals surface area contributed by atoms with Gasteiger partial charge in [0, 0.05) is 11.6 Å². The van der Waals surface area contributed by atoms with E-state index in [9.17, 15) is 8.42 Å². The third-order valence-corrected chi connectivity index (χ3v) is 5.31. The number of sulfonamides is 1. The fourth-order valence-electron chi connectivity index (χ4n) is 2.53. The number of hydrogen-bond acceptors (Lipinski definition) is 7. The van der Waals surface area contributed by atoms with Crippen LogP contribution in [-0.4, -0.2) is 25.4 Å². The standard InChI is InChI=1S/C17H15N3O5S/c1-11-4-2-3-5-13(11)17-20-19-16(25-17)9-18-26(21,22)12-6-7-14-15(8-12)24-10-23-14/h2-8,18H,9-10H2,1H3. The van der Waals surface area contributed by atoms with E-state index in [1.165, 1.54) is 12.1 Å². The minimum Gasteiger partial charge on any atom is -0.454 e. The van der Waals surface area contributed by atoms with Gasteiger partial charge in [0.2, 0.25) is 28.6 Å². The van der Waals surface area contributed by atoms with E-state index in [1.807, 2.05) is 31.2 Å². The highest BCUT2D eigenvalue weighted by Gasteiger charge is 2.21. The van der Waals surface area contributed by atoms with Gasteiger partial charge in [-0.25, -0.2) is 13.1 Å². The van der Waals surface area contributed by atoms with Gasteiger partial charge in [-0.05, 0) is 30.7 Å². The van der Waals surface area contributed by atoms with Gasteiger partial charge < -0.3 is 13.9 Å². The molecule has 0 saturated carbocycles. The van der Waals surface area contributed by atoms with Crippen molar-refractivity contribution >= 4 is 10.0 Å². The molecule has 0 spiro atoms. The molecular formula is C17H15N3O5S. The first-order chi connectivity index (χ1) is 12.5. The molecule has 3 aromatic rings. The molecule has 9 heteroatoms. The highest BCUT2D eigenvalue weighted by Crippen LogP contribution is 2.33. The maximum atomic E-state index is 12.4. The number of ether oxygens (including phenoxy) is 2. The second-order valence-electron chi connectivity index (χ2n) is 5.66. The quantitative estimate of drug-likeness (QED) is 0.731. The van der Waals surface area contributed by atoms with Crippen molar-refractivity contribution in [3.05, 3.63) is 53.9 Å². The zero-order valence-corrected chi connectivity index (χ0v) is 14.6. The van der Waals surface area contributed by atoms with E-state index in [1.54, 1.807) is 6.07 Å². The maximum Gasteiger partial charge on any atom is 0.248 e. The summed E-state index contributed by atoms with van der Waals surface area (Å²) in [5.74, 6) is 1.43. The first-order valence-electron chi connectivity index (χ1n) is 7.81. The van der Waals surface area contributed by atoms with Crippen LogP contribution in [0.3, 0.4) is 0 Å². The molecule has 0 saturated heterocycles. The summed E-state index contributed by atoms with van der Waals surface area (Å²) in [5.41, 5.74) is 1.80. The fraction of sp³-hybridized carbons (Fsp3) is 0.176. The Morgan fingerprint density at radius 3 is 2.73 bits per heavy atom. The summed E-state index contributed by atoms with van der Waals surface area (Å²) in [6, 6.07) is 12.0. The van der Waals surface area contributed by atoms with Gasteiger partial charge in [0.25, 0.3) is 0 Å². The first-order valence-corrected chi connectivity index (χ1v) is 9.29. The number of fused-ring (bicyclic) bond motifs is 1. The lowest BCUT2D eigenvalue weighted by atomic mass is 10.1. The summed E-state index contributed by atoms with van der Waals surface area (Å²) in [6.45, 7) is 1.90. The van der Waals surface area contributed by atoms with E-state index in [2.05, 4.69) is 14.9 Å². The molecule has 1 aliphatic heterocycles. The average molecular weight is 373 g/mol. The molecule has 0 fully saturated rings. The second kappa shape index (κ2) is 6.43. The molecule has 0 bridgehead atoms. The number of nitrogens with zero attached hydrogens (tertiary/aromatic N) is 2. The predicted octanol–water partition coefficient (Wildman–Crippen LogP) is 2.25. The Kier molecular flexibility index (Phi) is 4.09. The first kappa shape index (κ1) is 16.6. The van der Waals surface area contributed by atoms with Gasteiger partial charge in [-0.1, -0.05) is 18.2 Å². The highest BCUT2D eigenvalue weighted by atomic mass is 32.2. The molecule has 8 nitrogen and oxygen atoms in total. The minimum absolute atomic E-state index is 0.0698. The van der Waals surface area contributed by atoms with E-state index < -0.39 is 10.0 Å². The number of nitrogens with one attached hydrogen (secondary N) is 1. The summed E-state index contributed by atoms with van der Waals surface area (Å²) in [5, 5.41) is 7.88. The van der Waals surface area contributed by atoms with Crippen molar-refractivity contribution in [1.29, 1.82) is 0 Å². The van der Waals surface area contributed by atoms with E-state index >= 15 is 0 Å². The van der Waals surface area contributed by atoms with Gasteiger partial charge in [0.05, 0.1) is 11.4 Å². The Bertz CT molecular complexity index is 1060. The summed E-state index contributed by atoms with van der Waals surface area (Å²) >= 11 is 0. The molecule has 1 aromatic heterocycles. The van der Waals surface area contributed by atoms with Crippen molar-refractivity contribution in [2.75, 3.05) is 6.79 Å². The van der Waals surface area contributed by atoms with Gasteiger partial charge in [-0.15, -0.1) is 10.2 Å². The molecule has 2 heterocycles. The lowest BCUT2D eigenvalue weighted by Crippen LogP contribution is -2.23. The molecule has 0 aliphatic carbocycles. The van der Waals surface area contributed by atoms with Gasteiger partial charge in [-0.3, -0.25) is 0 Å². The summed E-state index contributed by atoms with van der Waals surface area (Å²) in [4.78, 5) is 0.0698. The fourth-order valence-corrected chi connectivity index (χ4v) is 3.52. The van der Waals surface area contributed by atoms with Crippen molar-refractivity contribution in [3.8, 4) is 23.0 Å². The number of rotatable bonds is 5. The lowest BCUT2D eigenvalue weighted by molar-refractivity contribution is 0.174. The van der Waals surface area contributed by atoms with Crippen LogP contribution in [0.15, 0.2) is 51.8 Å². The topological polar surface area (TPSA) is 104 Å². The van der Waals surface area contributed by atoms with Gasteiger partial charge in [-0.2, -0.15) is 0 Å². The molecule has 134 valence electrons. The normalized spacial score (nSPS) is 13.1. The van der Waals surface area contributed by atoms with Crippen LogP contribution in [0.5, 0.6) is 11.5 Å². The molecular weight excluding hydrogens is 358 g/mol. The Balaban J connectivity index is 1.50. The summed E-state index contributed by atoms with van der Waals surface area (Å²) < 4.78 is 43.3. The minimum atomic E-state index is -3.76. The van der Waals surface area contributed by atoms with Crippen LogP contribution >= 0.6 is 0 Å². The van der Waals surface area contributed by atoms with Crippen LogP contribution < -0.4 is 14.2 Å². The molecule has 1 aliphatic rings. The molecule has 26 heavy (non-hydrogen) atoms. The Morgan fingerprint density at radius 1 is 1.08 bits per heavy atom. The van der Waals surface area contributed by atoms with E-state index in [0.29, 0.717) is 17.4 Å². The number of benzene rings is 2. The smallest absolute Gasteiger partial charge is 0.248 e. The zero-order valence-electron chi connectivity index (χ0n) is 13.8. The highest BCUT2D eigenvalue weighted by molar-refractivity contribution is 7.89. The van der Waals surface area contributed by atoms with Crippen LogP contribution in [-0.2, 0) is 16.6 Å². The largest absolute Gasteiger partial charge is 0.454 e. The van der Waals surface area contributed by atoms with Crippen molar-refractivity contribution in [1.82, 2.24) is 14.9 Å². The molecule has 1 N–H and O–H groups in total. The van der Waals surface area contributed by atoms with Crippen LogP contribution in [0.25, 0.3) is 11.5 Å². The monoisotopic (exact) mass is 373 g/mol. The number of aryl methyl sites for hydroxylation is 1. The molecule has 0 amide bonds. The maximum absolute atomic E-state index is 12.4. The third-order valence-electron chi connectivity index (χ3n) is 3.91.